The van der Waals surface area contributed by atoms with Gasteiger partial charge in [0.2, 0.25) is 0 Å². The molecule has 0 atom stereocenters. The third-order valence-electron chi connectivity index (χ3n) is 5.98. The Hall–Kier alpha value is -4.42. The molecule has 0 aromatic heterocycles. The molecule has 0 aliphatic carbocycles. The van der Waals surface area contributed by atoms with Crippen molar-refractivity contribution in [2.45, 2.75) is 13.5 Å². The van der Waals surface area contributed by atoms with Crippen LogP contribution in [0, 0.1) is 6.92 Å². The minimum Gasteiger partial charge on any atom is -0.489 e. The van der Waals surface area contributed by atoms with Crippen molar-refractivity contribution in [2.24, 2.45) is 0 Å². The fourth-order valence-corrected chi connectivity index (χ4v) is 4.27. The van der Waals surface area contributed by atoms with Gasteiger partial charge in [0.15, 0.2) is 0 Å². The largest absolute Gasteiger partial charge is 0.489 e. The minimum atomic E-state index is -0.815. The van der Waals surface area contributed by atoms with E-state index in [0.717, 1.165) is 21.2 Å². The molecule has 1 aliphatic rings. The van der Waals surface area contributed by atoms with E-state index in [4.69, 9.17) is 16.3 Å². The second-order valence-corrected chi connectivity index (χ2v) is 8.82. The highest BCUT2D eigenvalue weighted by Gasteiger charge is 2.37. The van der Waals surface area contributed by atoms with Gasteiger partial charge in [-0.3, -0.25) is 14.9 Å². The zero-order valence-corrected chi connectivity index (χ0v) is 20.1. The molecule has 1 saturated heterocycles. The summed E-state index contributed by atoms with van der Waals surface area (Å²) >= 11 is 6.07. The van der Waals surface area contributed by atoms with Crippen molar-refractivity contribution in [3.8, 4) is 5.75 Å². The lowest BCUT2D eigenvalue weighted by Gasteiger charge is -2.27. The molecule has 0 saturated carbocycles. The maximum absolute atomic E-state index is 13.2. The van der Waals surface area contributed by atoms with E-state index in [0.29, 0.717) is 34.2 Å². The molecule has 1 fully saturated rings. The number of barbiturate groups is 1. The number of carbonyl (C=O) groups is 3. The molecular formula is C29H21ClN2O4. The first-order chi connectivity index (χ1) is 17.4. The number of rotatable bonds is 5. The number of nitrogens with one attached hydrogen (secondary N) is 1. The van der Waals surface area contributed by atoms with Crippen LogP contribution in [0.25, 0.3) is 16.8 Å². The number of hydrogen-bond donors (Lipinski definition) is 1. The first kappa shape index (κ1) is 23.3. The Bertz CT molecular complexity index is 1540. The number of ether oxygens (including phenoxy) is 1. The van der Waals surface area contributed by atoms with Gasteiger partial charge in [-0.1, -0.05) is 72.3 Å². The monoisotopic (exact) mass is 496 g/mol. The lowest BCUT2D eigenvalue weighted by molar-refractivity contribution is -0.122. The molecule has 7 heteroatoms. The summed E-state index contributed by atoms with van der Waals surface area (Å²) in [5.41, 5.74) is 2.52. The molecule has 1 N–H and O–H groups in total. The van der Waals surface area contributed by atoms with E-state index < -0.39 is 17.8 Å². The summed E-state index contributed by atoms with van der Waals surface area (Å²) in [5.74, 6) is -0.821. The number of fused-ring (bicyclic) bond motifs is 1. The van der Waals surface area contributed by atoms with Crippen molar-refractivity contribution in [3.63, 3.8) is 0 Å². The Morgan fingerprint density at radius 3 is 2.47 bits per heavy atom. The van der Waals surface area contributed by atoms with Crippen molar-refractivity contribution in [1.82, 2.24) is 5.32 Å². The quantitative estimate of drug-likeness (QED) is 0.270. The zero-order chi connectivity index (χ0) is 25.2. The van der Waals surface area contributed by atoms with Gasteiger partial charge in [-0.05, 0) is 64.7 Å². The van der Waals surface area contributed by atoms with Crippen molar-refractivity contribution in [3.05, 3.63) is 112 Å². The van der Waals surface area contributed by atoms with Crippen LogP contribution in [0.4, 0.5) is 10.5 Å². The second kappa shape index (κ2) is 9.68. The van der Waals surface area contributed by atoms with Crippen LogP contribution < -0.4 is 15.0 Å². The van der Waals surface area contributed by atoms with E-state index in [2.05, 4.69) is 23.5 Å². The maximum Gasteiger partial charge on any atom is 0.335 e. The number of urea groups is 1. The number of carbonyl (C=O) groups excluding carboxylic acids is 3. The highest BCUT2D eigenvalue weighted by atomic mass is 35.5. The number of amides is 4. The Kier molecular flexibility index (Phi) is 6.27. The average molecular weight is 497 g/mol. The lowest BCUT2D eigenvalue weighted by Crippen LogP contribution is -2.54. The fraction of sp³-hybridized carbons (Fsp3) is 0.0690. The molecule has 0 radical (unpaired) electrons. The van der Waals surface area contributed by atoms with Crippen LogP contribution in [0.5, 0.6) is 5.75 Å². The molecule has 6 nitrogen and oxygen atoms in total. The van der Waals surface area contributed by atoms with Crippen molar-refractivity contribution >= 4 is 52.0 Å². The smallest absolute Gasteiger partial charge is 0.335 e. The summed E-state index contributed by atoms with van der Waals surface area (Å²) in [6, 6.07) is 25.3. The molecular weight excluding hydrogens is 476 g/mol. The maximum atomic E-state index is 13.2. The Labute approximate surface area is 212 Å². The normalized spacial score (nSPS) is 14.9. The molecule has 4 aromatic carbocycles. The third-order valence-corrected chi connectivity index (χ3v) is 6.21. The SMILES string of the molecule is Cc1ccc(Cl)cc1N1C(=O)NC(=O)/C(=C\c2ccc(OCc3cccc4ccccc34)cc2)C1=O. The van der Waals surface area contributed by atoms with E-state index >= 15 is 0 Å². The van der Waals surface area contributed by atoms with Crippen molar-refractivity contribution in [1.29, 1.82) is 0 Å². The van der Waals surface area contributed by atoms with E-state index in [-0.39, 0.29) is 5.57 Å². The predicted molar refractivity (Wildman–Crippen MR) is 140 cm³/mol. The highest BCUT2D eigenvalue weighted by Crippen LogP contribution is 2.28. The average Bonchev–Trinajstić information content (AvgIpc) is 2.88. The summed E-state index contributed by atoms with van der Waals surface area (Å²) in [7, 11) is 0. The minimum absolute atomic E-state index is 0.154. The number of aryl methyl sites for hydroxylation is 1. The van der Waals surface area contributed by atoms with Crippen LogP contribution >= 0.6 is 11.6 Å². The van der Waals surface area contributed by atoms with Crippen molar-refractivity contribution in [2.75, 3.05) is 4.90 Å². The van der Waals surface area contributed by atoms with Crippen molar-refractivity contribution < 1.29 is 19.1 Å². The molecule has 1 aliphatic heterocycles. The molecule has 0 bridgehead atoms. The second-order valence-electron chi connectivity index (χ2n) is 8.38. The Morgan fingerprint density at radius 1 is 0.917 bits per heavy atom. The number of benzene rings is 4. The van der Waals surface area contributed by atoms with Crippen LogP contribution in [-0.2, 0) is 16.2 Å². The summed E-state index contributed by atoms with van der Waals surface area (Å²) < 4.78 is 5.97. The molecule has 1 heterocycles. The van der Waals surface area contributed by atoms with Gasteiger partial charge in [0.25, 0.3) is 11.8 Å². The fourth-order valence-electron chi connectivity index (χ4n) is 4.11. The number of imide groups is 2. The molecule has 0 unspecified atom stereocenters. The van der Waals surface area contributed by atoms with Crippen LogP contribution in [0.2, 0.25) is 5.02 Å². The summed E-state index contributed by atoms with van der Waals surface area (Å²) in [5, 5.41) is 4.89. The van der Waals surface area contributed by atoms with E-state index in [1.165, 1.54) is 12.1 Å². The zero-order valence-electron chi connectivity index (χ0n) is 19.3. The highest BCUT2D eigenvalue weighted by molar-refractivity contribution is 6.39. The third kappa shape index (κ3) is 4.59. The molecule has 5 rings (SSSR count). The first-order valence-electron chi connectivity index (χ1n) is 11.3. The van der Waals surface area contributed by atoms with Gasteiger partial charge in [-0.15, -0.1) is 0 Å². The topological polar surface area (TPSA) is 75.7 Å². The first-order valence-corrected chi connectivity index (χ1v) is 11.7. The number of hydrogen-bond acceptors (Lipinski definition) is 4. The number of anilines is 1. The molecule has 36 heavy (non-hydrogen) atoms. The lowest BCUT2D eigenvalue weighted by atomic mass is 10.1. The predicted octanol–water partition coefficient (Wildman–Crippen LogP) is 6.05. The van der Waals surface area contributed by atoms with Crippen LogP contribution in [-0.4, -0.2) is 17.8 Å². The van der Waals surface area contributed by atoms with E-state index in [1.54, 1.807) is 43.3 Å². The van der Waals surface area contributed by atoms with Crippen LogP contribution in [0.3, 0.4) is 0 Å². The van der Waals surface area contributed by atoms with Gasteiger partial charge in [-0.2, -0.15) is 0 Å². The van der Waals surface area contributed by atoms with E-state index in [9.17, 15) is 14.4 Å². The molecule has 4 amide bonds. The molecule has 0 spiro atoms. The number of halogens is 1. The van der Waals surface area contributed by atoms with Gasteiger partial charge in [0.05, 0.1) is 5.69 Å². The summed E-state index contributed by atoms with van der Waals surface area (Å²) in [4.78, 5) is 39.0. The van der Waals surface area contributed by atoms with Gasteiger partial charge in [-0.25, -0.2) is 9.69 Å². The number of nitrogens with zero attached hydrogens (tertiary/aromatic N) is 1. The molecule has 4 aromatic rings. The summed E-state index contributed by atoms with van der Waals surface area (Å²) in [6.07, 6.45) is 1.45. The molecule has 178 valence electrons. The van der Waals surface area contributed by atoms with Gasteiger partial charge < -0.3 is 4.74 Å². The standard InChI is InChI=1S/C29H21ClN2O4/c1-18-9-12-22(30)16-26(18)32-28(34)25(27(33)31-29(32)35)15-19-10-13-23(14-11-19)36-17-21-7-4-6-20-5-2-3-8-24(20)21/h2-16H,17H2,1H3,(H,31,33,35)/b25-15+. The van der Waals surface area contributed by atoms with E-state index in [1.807, 2.05) is 24.3 Å². The van der Waals surface area contributed by atoms with Crippen LogP contribution in [0.1, 0.15) is 16.7 Å². The van der Waals surface area contributed by atoms with Gasteiger partial charge in [0.1, 0.15) is 17.9 Å². The summed E-state index contributed by atoms with van der Waals surface area (Å²) in [6.45, 7) is 2.15. The Balaban J connectivity index is 1.35. The van der Waals surface area contributed by atoms with Crippen LogP contribution in [0.15, 0.2) is 90.5 Å². The Morgan fingerprint density at radius 2 is 1.67 bits per heavy atom. The van der Waals surface area contributed by atoms with Gasteiger partial charge >= 0.3 is 6.03 Å². The van der Waals surface area contributed by atoms with Gasteiger partial charge in [0, 0.05) is 5.02 Å².